The molecule has 0 atom stereocenters. The monoisotopic (exact) mass is 743 g/mol. The first kappa shape index (κ1) is 35.0. The molecule has 49 heavy (non-hydrogen) atoms. The summed E-state index contributed by atoms with van der Waals surface area (Å²) in [5.41, 5.74) is 3.55. The average molecular weight is 745 g/mol. The highest BCUT2D eigenvalue weighted by Crippen LogP contribution is 2.47. The summed E-state index contributed by atoms with van der Waals surface area (Å²) in [5, 5.41) is 18.1. The van der Waals surface area contributed by atoms with Gasteiger partial charge in [0, 0.05) is 47.0 Å². The first-order valence-corrected chi connectivity index (χ1v) is 15.0. The molecule has 9 nitrogen and oxygen atoms in total. The number of amides is 2. The Kier molecular flexibility index (Phi) is 10.3. The predicted molar refractivity (Wildman–Crippen MR) is 176 cm³/mol. The molecule has 3 aromatic carbocycles. The number of H-pyrrole nitrogens is 2. The number of ether oxygens (including phenoxy) is 2. The van der Waals surface area contributed by atoms with Crippen molar-refractivity contribution in [3.05, 3.63) is 123 Å². The van der Waals surface area contributed by atoms with E-state index in [4.69, 9.17) is 56.9 Å². The van der Waals surface area contributed by atoms with Crippen LogP contribution in [-0.4, -0.2) is 28.1 Å². The van der Waals surface area contributed by atoms with Crippen molar-refractivity contribution in [2.45, 2.75) is 6.29 Å². The molecule has 4 heterocycles. The second-order valence-electron chi connectivity index (χ2n) is 9.74. The van der Waals surface area contributed by atoms with Gasteiger partial charge in [-0.15, -0.1) is 8.78 Å². The second kappa shape index (κ2) is 14.4. The van der Waals surface area contributed by atoms with E-state index in [9.17, 15) is 22.8 Å². The Hall–Kier alpha value is -5.37. The number of aromatic amines is 2. The summed E-state index contributed by atoms with van der Waals surface area (Å²) < 4.78 is 47.5. The molecule has 0 saturated carbocycles. The zero-order valence-electron chi connectivity index (χ0n) is 24.2. The highest BCUT2D eigenvalue weighted by Gasteiger charge is 2.44. The lowest BCUT2D eigenvalue weighted by Crippen LogP contribution is -2.30. The van der Waals surface area contributed by atoms with Crippen molar-refractivity contribution in [1.82, 2.24) is 9.97 Å². The zero-order valence-corrected chi connectivity index (χ0v) is 27.2. The van der Waals surface area contributed by atoms with Crippen LogP contribution in [0.4, 0.5) is 18.9 Å². The third kappa shape index (κ3) is 7.23. The number of alkyl halides is 2. The number of imide groups is 1. The van der Waals surface area contributed by atoms with E-state index in [1.165, 1.54) is 24.4 Å². The molecular weight excluding hydrogens is 729 g/mol. The van der Waals surface area contributed by atoms with Crippen LogP contribution in [0.15, 0.2) is 95.5 Å². The van der Waals surface area contributed by atoms with E-state index in [0.717, 1.165) is 28.2 Å². The summed E-state index contributed by atoms with van der Waals surface area (Å²) in [5.74, 6) is -1.97. The standard InChI is InChI=1S/C12H6F2N2O2.C11H6Cl2N2.C10H4Cl2FNO2/c13-12(14)17-10-3-1-2-8(11(10)18-12)9-6-16-5-7(9)4-15;12-10-3-1-2-8(11(10)13)9-6-15-5-7(9)4-14;11-7-8(12)10(16)14(9(7)15)6-3-1-5(13)2-4-6/h1-3,5-6,16H;1-3,5-6,15H;1-4H. The lowest BCUT2D eigenvalue weighted by molar-refractivity contribution is -0.286. The van der Waals surface area contributed by atoms with Crippen LogP contribution in [0.2, 0.25) is 10.0 Å². The minimum absolute atomic E-state index is 0.0393. The maximum atomic E-state index is 13.0. The van der Waals surface area contributed by atoms with Crippen LogP contribution >= 0.6 is 46.4 Å². The fourth-order valence-electron chi connectivity index (χ4n) is 4.55. The average Bonchev–Trinajstić information content (AvgIpc) is 3.86. The molecule has 2 N–H and O–H groups in total. The lowest BCUT2D eigenvalue weighted by Gasteiger charge is -2.13. The van der Waals surface area contributed by atoms with Crippen LogP contribution in [-0.2, 0) is 9.59 Å². The maximum Gasteiger partial charge on any atom is 0.586 e. The van der Waals surface area contributed by atoms with Crippen molar-refractivity contribution in [3.8, 4) is 45.9 Å². The van der Waals surface area contributed by atoms with Gasteiger partial charge in [0.15, 0.2) is 11.5 Å². The molecule has 0 spiro atoms. The molecule has 16 heteroatoms. The smallest absolute Gasteiger partial charge is 0.395 e. The summed E-state index contributed by atoms with van der Waals surface area (Å²) in [7, 11) is 0. The largest absolute Gasteiger partial charge is 0.586 e. The van der Waals surface area contributed by atoms with Gasteiger partial charge in [0.05, 0.1) is 26.9 Å². The van der Waals surface area contributed by atoms with Crippen LogP contribution in [0.1, 0.15) is 11.1 Å². The molecule has 0 bridgehead atoms. The number of para-hydroxylation sites is 1. The molecule has 5 aromatic rings. The number of carbonyl (C=O) groups is 2. The number of nitrogens with one attached hydrogen (secondary N) is 2. The second-order valence-corrected chi connectivity index (χ2v) is 11.3. The Morgan fingerprint density at radius 3 is 1.80 bits per heavy atom. The SMILES string of the molecule is N#Cc1c[nH]cc1-c1cccc(Cl)c1Cl.N#Cc1c[nH]cc1-c1cccc2c1OC(F)(F)O2.O=C1C(Cl)=C(Cl)C(=O)N1c1ccc(F)cc1. The quantitative estimate of drug-likeness (QED) is 0.177. The van der Waals surface area contributed by atoms with E-state index in [1.54, 1.807) is 42.9 Å². The van der Waals surface area contributed by atoms with Gasteiger partial charge in [-0.25, -0.2) is 9.29 Å². The van der Waals surface area contributed by atoms with E-state index < -0.39 is 23.9 Å². The molecule has 0 fully saturated rings. The van der Waals surface area contributed by atoms with E-state index in [1.807, 2.05) is 12.1 Å². The van der Waals surface area contributed by atoms with E-state index >= 15 is 0 Å². The third-order valence-electron chi connectivity index (χ3n) is 6.75. The molecule has 0 aliphatic carbocycles. The van der Waals surface area contributed by atoms with Gasteiger partial charge >= 0.3 is 6.29 Å². The van der Waals surface area contributed by atoms with Gasteiger partial charge < -0.3 is 19.4 Å². The van der Waals surface area contributed by atoms with Gasteiger partial charge in [0.2, 0.25) is 0 Å². The Morgan fingerprint density at radius 2 is 1.22 bits per heavy atom. The first-order valence-electron chi connectivity index (χ1n) is 13.5. The van der Waals surface area contributed by atoms with E-state index in [0.29, 0.717) is 32.3 Å². The normalized spacial score (nSPS) is 14.0. The van der Waals surface area contributed by atoms with Gasteiger partial charge in [0.1, 0.15) is 28.0 Å². The summed E-state index contributed by atoms with van der Waals surface area (Å²) in [6.45, 7) is 0. The number of anilines is 1. The number of hydrogen-bond donors (Lipinski definition) is 2. The van der Waals surface area contributed by atoms with Gasteiger partial charge in [-0.3, -0.25) is 9.59 Å². The van der Waals surface area contributed by atoms with Gasteiger partial charge in [-0.1, -0.05) is 70.7 Å². The Balaban J connectivity index is 0.000000144. The number of nitriles is 2. The summed E-state index contributed by atoms with van der Waals surface area (Å²) >= 11 is 23.1. The van der Waals surface area contributed by atoms with Crippen LogP contribution in [0.25, 0.3) is 22.3 Å². The van der Waals surface area contributed by atoms with Gasteiger partial charge in [-0.2, -0.15) is 10.5 Å². The third-order valence-corrected chi connectivity index (χ3v) is 8.37. The van der Waals surface area contributed by atoms with Crippen molar-refractivity contribution in [2.75, 3.05) is 4.90 Å². The molecule has 7 rings (SSSR count). The zero-order chi connectivity index (χ0) is 35.5. The lowest BCUT2D eigenvalue weighted by atomic mass is 10.0. The highest BCUT2D eigenvalue weighted by molar-refractivity contribution is 6.62. The molecule has 2 aliphatic heterocycles. The minimum atomic E-state index is -3.67. The number of aromatic nitrogens is 2. The Labute approximate surface area is 295 Å². The summed E-state index contributed by atoms with van der Waals surface area (Å²) in [6, 6.07) is 18.8. The van der Waals surface area contributed by atoms with Crippen LogP contribution in [0.3, 0.4) is 0 Å². The maximum absolute atomic E-state index is 13.0. The molecule has 246 valence electrons. The van der Waals surface area contributed by atoms with Crippen LogP contribution in [0.5, 0.6) is 11.5 Å². The molecule has 0 unspecified atom stereocenters. The topological polar surface area (TPSA) is 135 Å². The molecule has 0 saturated heterocycles. The number of carbonyl (C=O) groups excluding carboxylic acids is 2. The number of fused-ring (bicyclic) bond motifs is 1. The fraction of sp³-hybridized carbons (Fsp3) is 0.0303. The van der Waals surface area contributed by atoms with Crippen molar-refractivity contribution < 1.29 is 32.2 Å². The van der Waals surface area contributed by atoms with Gasteiger partial charge in [0.25, 0.3) is 11.8 Å². The number of hydrogen-bond acceptors (Lipinski definition) is 6. The predicted octanol–water partition coefficient (Wildman–Crippen LogP) is 9.12. The Bertz CT molecular complexity index is 2180. The van der Waals surface area contributed by atoms with Crippen molar-refractivity contribution >= 4 is 63.9 Å². The Morgan fingerprint density at radius 1 is 0.694 bits per heavy atom. The fourth-order valence-corrected chi connectivity index (χ4v) is 5.29. The van der Waals surface area contributed by atoms with Crippen molar-refractivity contribution in [2.24, 2.45) is 0 Å². The molecule has 2 aliphatic rings. The van der Waals surface area contributed by atoms with Crippen molar-refractivity contribution in [1.29, 1.82) is 10.5 Å². The highest BCUT2D eigenvalue weighted by atomic mass is 35.5. The van der Waals surface area contributed by atoms with Crippen LogP contribution < -0.4 is 14.4 Å². The molecule has 2 aromatic heterocycles. The number of halogens is 7. The first-order chi connectivity index (χ1) is 23.4. The van der Waals surface area contributed by atoms with E-state index in [-0.39, 0.29) is 27.3 Å². The van der Waals surface area contributed by atoms with Crippen LogP contribution in [0, 0.1) is 28.5 Å². The van der Waals surface area contributed by atoms with Crippen molar-refractivity contribution in [3.63, 3.8) is 0 Å². The minimum Gasteiger partial charge on any atom is -0.395 e. The molecule has 2 amide bonds. The molecule has 0 radical (unpaired) electrons. The molecular formula is C33H16Cl4F3N5O4. The number of benzene rings is 3. The number of nitrogens with zero attached hydrogens (tertiary/aromatic N) is 3. The number of rotatable bonds is 3. The summed E-state index contributed by atoms with van der Waals surface area (Å²) in [6.07, 6.45) is 2.74. The summed E-state index contributed by atoms with van der Waals surface area (Å²) in [4.78, 5) is 29.5. The van der Waals surface area contributed by atoms with Gasteiger partial charge in [-0.05, 0) is 36.4 Å². The van der Waals surface area contributed by atoms with E-state index in [2.05, 4.69) is 25.5 Å².